The van der Waals surface area contributed by atoms with E-state index in [-0.39, 0.29) is 50.2 Å². The van der Waals surface area contributed by atoms with Gasteiger partial charge in [0.1, 0.15) is 0 Å². The molecule has 0 aromatic carbocycles. The van der Waals surface area contributed by atoms with Gasteiger partial charge in [0.25, 0.3) is 0 Å². The van der Waals surface area contributed by atoms with Crippen molar-refractivity contribution in [2.45, 2.75) is 12.2 Å². The van der Waals surface area contributed by atoms with Gasteiger partial charge in [-0.2, -0.15) is 0 Å². The Hall–Kier alpha value is -0.611. The maximum absolute atomic E-state index is 11.1. The van der Waals surface area contributed by atoms with Gasteiger partial charge in [-0.15, -0.1) is 0 Å². The van der Waals surface area contributed by atoms with Crippen molar-refractivity contribution < 1.29 is 14.5 Å². The molecule has 0 radical (unpaired) electrons. The van der Waals surface area contributed by atoms with E-state index in [2.05, 4.69) is 0 Å². The predicted molar refractivity (Wildman–Crippen MR) is 56.9 cm³/mol. The van der Waals surface area contributed by atoms with Gasteiger partial charge >= 0.3 is 98.9 Å². The topological polar surface area (TPSA) is 69.4 Å². The van der Waals surface area contributed by atoms with Crippen LogP contribution in [0.2, 0.25) is 5.32 Å². The fraction of sp³-hybridized carbons (Fsp3) is 0.375. The van der Waals surface area contributed by atoms with Crippen LogP contribution in [-0.4, -0.2) is 47.0 Å². The molecule has 0 bridgehead atoms. The summed E-state index contributed by atoms with van der Waals surface area (Å²) < 4.78 is 5.77. The van der Waals surface area contributed by atoms with Gasteiger partial charge in [-0.25, -0.2) is 0 Å². The molecule has 0 aliphatic rings. The van der Waals surface area contributed by atoms with E-state index in [4.69, 9.17) is 4.74 Å². The molecule has 1 heterocycles. The zero-order chi connectivity index (χ0) is 11.3. The van der Waals surface area contributed by atoms with E-state index in [1.807, 2.05) is 4.94 Å². The molecule has 0 spiro atoms. The van der Waals surface area contributed by atoms with Crippen molar-refractivity contribution in [3.8, 4) is 0 Å². The third kappa shape index (κ3) is 3.80. The van der Waals surface area contributed by atoms with E-state index in [1.165, 1.54) is 0 Å². The number of hydrogen-bond acceptors (Lipinski definition) is 4. The first-order chi connectivity index (χ1) is 7.15. The average molecular weight is 341 g/mol. The van der Waals surface area contributed by atoms with E-state index >= 15 is 0 Å². The van der Waals surface area contributed by atoms with Crippen molar-refractivity contribution >= 4 is 44.5 Å². The van der Waals surface area contributed by atoms with E-state index < -0.39 is 0 Å². The van der Waals surface area contributed by atoms with Crippen LogP contribution in [0.3, 0.4) is 0 Å². The molecule has 0 fully saturated rings. The Kier molecular flexibility index (Phi) is 5.05. The first-order valence-corrected chi connectivity index (χ1v) is 8.06. The fourth-order valence-corrected chi connectivity index (χ4v) is 5.25. The van der Waals surface area contributed by atoms with Crippen molar-refractivity contribution in [1.82, 2.24) is 0 Å². The maximum atomic E-state index is 11.1. The van der Waals surface area contributed by atoms with Crippen LogP contribution < -0.4 is 4.46 Å². The van der Waals surface area contributed by atoms with E-state index in [9.17, 15) is 14.9 Å². The zero-order valence-electron chi connectivity index (χ0n) is 7.97. The molecule has 0 aliphatic heterocycles. The number of hydrogen-bond donors (Lipinski definition) is 0. The zero-order valence-corrected chi connectivity index (χ0v) is 11.4. The quantitative estimate of drug-likeness (QED) is 0.326. The van der Waals surface area contributed by atoms with Gasteiger partial charge in [-0.05, 0) is 0 Å². The van der Waals surface area contributed by atoms with Gasteiger partial charge in [0.15, 0.2) is 0 Å². The molecule has 0 N–H and O–H groups in total. The second-order valence-electron chi connectivity index (χ2n) is 2.44. The van der Waals surface area contributed by atoms with Crippen LogP contribution in [0.25, 0.3) is 0 Å². The summed E-state index contributed by atoms with van der Waals surface area (Å²) in [5.41, 5.74) is 0. The molecule has 1 rings (SSSR count). The SMILES string of the molecule is CCOC(=O)C[Se]c1cc[se]c1[N+](=O)[O-]. The summed E-state index contributed by atoms with van der Waals surface area (Å²) in [7, 11) is 0. The van der Waals surface area contributed by atoms with Gasteiger partial charge < -0.3 is 0 Å². The van der Waals surface area contributed by atoms with Crippen molar-refractivity contribution in [2.75, 3.05) is 6.61 Å². The molecule has 0 saturated heterocycles. The Morgan fingerprint density at radius 1 is 1.73 bits per heavy atom. The van der Waals surface area contributed by atoms with Crippen molar-refractivity contribution in [3.63, 3.8) is 0 Å². The number of rotatable bonds is 5. The van der Waals surface area contributed by atoms with Crippen molar-refractivity contribution in [3.05, 3.63) is 21.1 Å². The number of nitrogens with zero attached hydrogens (tertiary/aromatic N) is 1. The Balaban J connectivity index is 2.54. The molecule has 1 aromatic rings. The summed E-state index contributed by atoms with van der Waals surface area (Å²) in [6.45, 7) is 2.10. The van der Waals surface area contributed by atoms with Crippen LogP contribution in [0.15, 0.2) is 11.0 Å². The molecule has 1 aromatic heterocycles. The van der Waals surface area contributed by atoms with Crippen LogP contribution >= 0.6 is 0 Å². The molecule has 0 saturated carbocycles. The summed E-state index contributed by atoms with van der Waals surface area (Å²) in [5.74, 6) is -0.277. The second-order valence-corrected chi connectivity index (χ2v) is 6.45. The van der Waals surface area contributed by atoms with Crippen LogP contribution in [0, 0.1) is 10.1 Å². The van der Waals surface area contributed by atoms with Crippen molar-refractivity contribution in [1.29, 1.82) is 0 Å². The first-order valence-electron chi connectivity index (χ1n) is 4.15. The van der Waals surface area contributed by atoms with Gasteiger partial charge in [-0.1, -0.05) is 0 Å². The number of ether oxygens (including phenoxy) is 1. The Morgan fingerprint density at radius 2 is 2.47 bits per heavy atom. The monoisotopic (exact) mass is 343 g/mol. The molecule has 82 valence electrons. The van der Waals surface area contributed by atoms with Crippen LogP contribution in [-0.2, 0) is 9.53 Å². The molecule has 15 heavy (non-hydrogen) atoms. The molecule has 0 unspecified atom stereocenters. The molecule has 0 aliphatic carbocycles. The number of esters is 1. The molecule has 0 atom stereocenters. The average Bonchev–Trinajstić information content (AvgIpc) is 2.63. The van der Waals surface area contributed by atoms with E-state index in [0.29, 0.717) is 6.61 Å². The van der Waals surface area contributed by atoms with Gasteiger partial charge in [0.2, 0.25) is 0 Å². The van der Waals surface area contributed by atoms with Gasteiger partial charge in [0, 0.05) is 0 Å². The van der Waals surface area contributed by atoms with Crippen molar-refractivity contribution in [2.24, 2.45) is 0 Å². The minimum atomic E-state index is -0.345. The summed E-state index contributed by atoms with van der Waals surface area (Å²) in [6, 6.07) is 1.76. The second kappa shape index (κ2) is 6.08. The molecular weight excluding hydrogens is 332 g/mol. The number of carbonyl (C=O) groups is 1. The van der Waals surface area contributed by atoms with E-state index in [0.717, 1.165) is 4.46 Å². The molecule has 0 amide bonds. The van der Waals surface area contributed by atoms with E-state index in [1.54, 1.807) is 13.0 Å². The Morgan fingerprint density at radius 3 is 3.07 bits per heavy atom. The third-order valence-electron chi connectivity index (χ3n) is 1.43. The number of carbonyl (C=O) groups excluding carboxylic acids is 1. The summed E-state index contributed by atoms with van der Waals surface area (Å²) in [5, 5.41) is 10.9. The molecular formula is C8H9NO4Se2. The Labute approximate surface area is 98.9 Å². The Bertz CT molecular complexity index is 363. The van der Waals surface area contributed by atoms with Crippen LogP contribution in [0.1, 0.15) is 6.92 Å². The summed E-state index contributed by atoms with van der Waals surface area (Å²) in [4.78, 5) is 23.1. The predicted octanol–water partition coefficient (Wildman–Crippen LogP) is -0.0373. The molecule has 7 heteroatoms. The number of nitro groups is 1. The standard InChI is InChI=1S/C8H9NO4Se2/c1-2-13-7(10)5-15-6-3-4-14-8(6)9(11)12/h3-4H,2,5H2,1H3. The third-order valence-corrected chi connectivity index (χ3v) is 6.04. The normalized spacial score (nSPS) is 9.93. The van der Waals surface area contributed by atoms with Gasteiger partial charge in [-0.3, -0.25) is 0 Å². The van der Waals surface area contributed by atoms with Gasteiger partial charge in [0.05, 0.1) is 0 Å². The fourth-order valence-electron chi connectivity index (χ4n) is 0.872. The van der Waals surface area contributed by atoms with Crippen LogP contribution in [0.5, 0.6) is 0 Å². The van der Waals surface area contributed by atoms with Crippen LogP contribution in [0.4, 0.5) is 4.56 Å². The summed E-state index contributed by atoms with van der Waals surface area (Å²) in [6.07, 6.45) is 0. The summed E-state index contributed by atoms with van der Waals surface area (Å²) >= 11 is -0.349. The first kappa shape index (κ1) is 12.5. The molecule has 5 nitrogen and oxygen atoms in total. The minimum absolute atomic E-state index is 0.171.